The van der Waals surface area contributed by atoms with E-state index in [1.807, 2.05) is 0 Å². The quantitative estimate of drug-likeness (QED) is 0.387. The summed E-state index contributed by atoms with van der Waals surface area (Å²) in [7, 11) is 0. The van der Waals surface area contributed by atoms with Crippen LogP contribution in [-0.2, 0) is 0 Å². The van der Waals surface area contributed by atoms with Crippen LogP contribution in [0.15, 0.2) is 0 Å². The minimum atomic E-state index is 0. The molecule has 0 fully saturated rings. The fourth-order valence-electron chi connectivity index (χ4n) is 0. The molecule has 0 atom stereocenters. The zero-order valence-corrected chi connectivity index (χ0v) is 7.74. The van der Waals surface area contributed by atoms with Crippen molar-refractivity contribution in [3.8, 4) is 0 Å². The van der Waals surface area contributed by atoms with Crippen molar-refractivity contribution < 1.29 is 31.0 Å². The Hall–Kier alpha value is 3.31. The van der Waals surface area contributed by atoms with Gasteiger partial charge < -0.3 is 1.43 Å². The summed E-state index contributed by atoms with van der Waals surface area (Å²) in [6.07, 6.45) is 0. The second kappa shape index (κ2) is 16.2. The first-order valence-corrected chi connectivity index (χ1v) is 0. The van der Waals surface area contributed by atoms with Crippen LogP contribution in [0.4, 0.5) is 0 Å². The van der Waals surface area contributed by atoms with E-state index >= 15 is 0 Å². The average molecular weight is 335 g/mol. The van der Waals surface area contributed by atoms with Crippen molar-refractivity contribution in [3.63, 3.8) is 0 Å². The molecule has 4 heavy (non-hydrogen) atoms. The molecule has 0 nitrogen and oxygen atoms in total. The summed E-state index contributed by atoms with van der Waals surface area (Å²) in [6, 6.07) is 0. The monoisotopic (exact) mass is 336 g/mol. The van der Waals surface area contributed by atoms with Crippen LogP contribution >= 0.6 is 0 Å². The number of hydrogen-bond donors (Lipinski definition) is 0. The summed E-state index contributed by atoms with van der Waals surface area (Å²) in [5.41, 5.74) is 0. The predicted octanol–water partition coefficient (Wildman–Crippen LogP) is -6.17. The molecule has 20 valence electrons. The summed E-state index contributed by atoms with van der Waals surface area (Å²) in [5, 5.41) is 0. The van der Waals surface area contributed by atoms with E-state index in [2.05, 4.69) is 0 Å². The van der Waals surface area contributed by atoms with Gasteiger partial charge in [-0.25, -0.2) is 0 Å². The van der Waals surface area contributed by atoms with Crippen molar-refractivity contribution in [2.24, 2.45) is 0 Å². The molecular weight excluding hydrogens is 326 g/mol. The third-order valence-corrected chi connectivity index (χ3v) is 0. The van der Waals surface area contributed by atoms with Gasteiger partial charge in [-0.3, -0.25) is 0 Å². The van der Waals surface area contributed by atoms with Gasteiger partial charge in [0.2, 0.25) is 0 Å². The number of hydrogen-bond acceptors (Lipinski definition) is 0. The van der Waals surface area contributed by atoms with Gasteiger partial charge in [-0.05, 0) is 0 Å². The topological polar surface area (TPSA) is 0 Å². The SMILES string of the molecule is [GaH3].[H-].[InH3].[Na+].[SnH2]. The zero-order chi connectivity index (χ0) is 0. The van der Waals surface area contributed by atoms with Crippen molar-refractivity contribution in [3.05, 3.63) is 0 Å². The molecule has 0 aromatic rings. The molecule has 0 saturated heterocycles. The molecule has 0 unspecified atom stereocenters. The first kappa shape index (κ1) is 26.6. The van der Waals surface area contributed by atoms with Crippen LogP contribution in [0, 0.1) is 0 Å². The van der Waals surface area contributed by atoms with Gasteiger partial charge >= 0.3 is 99.1 Å². The Balaban J connectivity index is 0. The molecule has 0 aromatic carbocycles. The van der Waals surface area contributed by atoms with E-state index in [-0.39, 0.29) is 101 Å². The van der Waals surface area contributed by atoms with Crippen molar-refractivity contribution in [1.29, 1.82) is 0 Å². The molecular formula is H9GaInNaSn. The Morgan fingerprint density at radius 3 is 1.25 bits per heavy atom. The van der Waals surface area contributed by atoms with Crippen molar-refractivity contribution in [1.82, 2.24) is 0 Å². The summed E-state index contributed by atoms with van der Waals surface area (Å²) >= 11 is 0. The van der Waals surface area contributed by atoms with Gasteiger partial charge in [-0.2, -0.15) is 0 Å². The van der Waals surface area contributed by atoms with Gasteiger partial charge in [0.05, 0.1) is 0 Å². The molecule has 0 aliphatic carbocycles. The molecule has 0 aliphatic heterocycles. The molecule has 0 saturated carbocycles. The van der Waals surface area contributed by atoms with Crippen molar-refractivity contribution in [2.75, 3.05) is 0 Å². The van der Waals surface area contributed by atoms with Crippen molar-refractivity contribution >= 4 is 69.5 Å². The van der Waals surface area contributed by atoms with Crippen LogP contribution < -0.4 is 29.6 Å². The van der Waals surface area contributed by atoms with Crippen molar-refractivity contribution in [2.45, 2.75) is 0 Å². The van der Waals surface area contributed by atoms with Gasteiger partial charge in [0.25, 0.3) is 0 Å². The molecule has 2 radical (unpaired) electrons. The van der Waals surface area contributed by atoms with Crippen LogP contribution in [0.2, 0.25) is 0 Å². The second-order valence-corrected chi connectivity index (χ2v) is 0. The van der Waals surface area contributed by atoms with E-state index in [0.29, 0.717) is 0 Å². The average Bonchev–Trinajstić information content (AvgIpc) is 0. The van der Waals surface area contributed by atoms with Gasteiger partial charge in [-0.15, -0.1) is 0 Å². The molecule has 0 heterocycles. The van der Waals surface area contributed by atoms with Gasteiger partial charge in [-0.1, -0.05) is 0 Å². The Morgan fingerprint density at radius 2 is 1.25 bits per heavy atom. The van der Waals surface area contributed by atoms with Crippen LogP contribution in [0.1, 0.15) is 1.43 Å². The molecule has 0 amide bonds. The first-order valence-electron chi connectivity index (χ1n) is 0. The summed E-state index contributed by atoms with van der Waals surface area (Å²) in [6.45, 7) is 0. The third kappa shape index (κ3) is 9.00. The Labute approximate surface area is 98.4 Å². The molecule has 0 N–H and O–H groups in total. The molecule has 0 rings (SSSR count). The van der Waals surface area contributed by atoms with E-state index in [4.69, 9.17) is 0 Å². The molecule has 0 aliphatic rings. The fourth-order valence-corrected chi connectivity index (χ4v) is 0. The fraction of sp³-hybridized carbons (Fsp3) is 0. The summed E-state index contributed by atoms with van der Waals surface area (Å²) < 4.78 is 0. The second-order valence-electron chi connectivity index (χ2n) is 0. The van der Waals surface area contributed by atoms with Gasteiger partial charge in [0, 0.05) is 0 Å². The van der Waals surface area contributed by atoms with Crippen LogP contribution in [-0.4, -0.2) is 69.5 Å². The molecule has 0 spiro atoms. The maximum atomic E-state index is 0. The normalized spacial score (nSPS) is 0. The minimum absolute atomic E-state index is 0. The Kier molecular flexibility index (Phi) is 108. The van der Waals surface area contributed by atoms with E-state index in [1.165, 1.54) is 0 Å². The summed E-state index contributed by atoms with van der Waals surface area (Å²) in [5.74, 6) is 0. The van der Waals surface area contributed by atoms with Crippen LogP contribution in [0.25, 0.3) is 0 Å². The molecule has 0 bridgehead atoms. The number of rotatable bonds is 0. The van der Waals surface area contributed by atoms with Crippen LogP contribution in [0.5, 0.6) is 0 Å². The molecule has 0 aromatic heterocycles. The van der Waals surface area contributed by atoms with Crippen LogP contribution in [0.3, 0.4) is 0 Å². The molecule has 4 heteroatoms. The standard InChI is InChI=1S/Ga.In.Na.Sn.9H/q;;+1;;;;;;;;;;-1. The van der Waals surface area contributed by atoms with Gasteiger partial charge in [0.15, 0.2) is 0 Å². The Morgan fingerprint density at radius 1 is 1.25 bits per heavy atom. The zero-order valence-electron chi connectivity index (χ0n) is 2.71. The third-order valence-electron chi connectivity index (χ3n) is 0. The summed E-state index contributed by atoms with van der Waals surface area (Å²) in [4.78, 5) is 0. The van der Waals surface area contributed by atoms with Gasteiger partial charge in [0.1, 0.15) is 0 Å². The maximum absolute atomic E-state index is 0. The predicted molar refractivity (Wildman–Crippen MR) is 29.5 cm³/mol. The van der Waals surface area contributed by atoms with E-state index < -0.39 is 0 Å². The van der Waals surface area contributed by atoms with E-state index in [1.54, 1.807) is 0 Å². The van der Waals surface area contributed by atoms with E-state index in [0.717, 1.165) is 0 Å². The Bertz CT molecular complexity index is 11.6. The first-order chi connectivity index (χ1) is 0. The van der Waals surface area contributed by atoms with E-state index in [9.17, 15) is 0 Å².